The van der Waals surface area contributed by atoms with Crippen LogP contribution >= 0.6 is 0 Å². The molecule has 0 amide bonds. The van der Waals surface area contributed by atoms with Gasteiger partial charge in [-0.25, -0.2) is 4.52 Å². The van der Waals surface area contributed by atoms with Gasteiger partial charge < -0.3 is 9.84 Å². The Hall–Kier alpha value is -2.44. The second kappa shape index (κ2) is 4.44. The van der Waals surface area contributed by atoms with Gasteiger partial charge in [-0.2, -0.15) is 9.97 Å². The van der Waals surface area contributed by atoms with E-state index >= 15 is 0 Å². The number of fused-ring (bicyclic) bond motifs is 1. The number of hydrogen-bond donors (Lipinski definition) is 1. The lowest BCUT2D eigenvalue weighted by molar-refractivity contribution is 0.410. The van der Waals surface area contributed by atoms with Crippen molar-refractivity contribution in [3.05, 3.63) is 36.1 Å². The van der Waals surface area contributed by atoms with Gasteiger partial charge in [0.05, 0.1) is 0 Å². The normalized spacial score (nSPS) is 10.9. The zero-order chi connectivity index (χ0) is 12.4. The van der Waals surface area contributed by atoms with Crippen LogP contribution in [0.25, 0.3) is 5.65 Å². The summed E-state index contributed by atoms with van der Waals surface area (Å²) in [7, 11) is 0. The van der Waals surface area contributed by atoms with Crippen molar-refractivity contribution in [1.29, 1.82) is 0 Å². The van der Waals surface area contributed by atoms with Gasteiger partial charge in [0.2, 0.25) is 12.3 Å². The Morgan fingerprint density at radius 1 is 1.39 bits per heavy atom. The highest BCUT2D eigenvalue weighted by atomic mass is 16.5. The highest BCUT2D eigenvalue weighted by molar-refractivity contribution is 5.44. The Morgan fingerprint density at radius 2 is 2.33 bits per heavy atom. The maximum atomic E-state index is 4.66. The number of rotatable bonds is 4. The fourth-order valence-electron chi connectivity index (χ4n) is 1.70. The molecule has 0 bridgehead atoms. The van der Waals surface area contributed by atoms with E-state index in [1.54, 1.807) is 4.52 Å². The molecule has 7 nitrogen and oxygen atoms in total. The van der Waals surface area contributed by atoms with Crippen molar-refractivity contribution in [1.82, 2.24) is 24.7 Å². The Kier molecular flexibility index (Phi) is 2.64. The number of aryl methyl sites for hydroxylation is 1. The number of pyridine rings is 1. The van der Waals surface area contributed by atoms with Crippen molar-refractivity contribution in [2.45, 2.75) is 13.3 Å². The van der Waals surface area contributed by atoms with E-state index in [1.165, 1.54) is 6.39 Å². The monoisotopic (exact) mass is 244 g/mol. The van der Waals surface area contributed by atoms with Crippen molar-refractivity contribution in [3.63, 3.8) is 0 Å². The van der Waals surface area contributed by atoms with Crippen LogP contribution in [-0.4, -0.2) is 31.3 Å². The standard InChI is InChI=1S/C11H12N6O/c1-8-3-2-4-10-14-11(15-17(8)10)12-6-5-9-13-7-18-16-9/h2-4,7H,5-6H2,1H3,(H,12,15). The molecule has 0 aliphatic rings. The number of anilines is 1. The van der Waals surface area contributed by atoms with Crippen molar-refractivity contribution in [3.8, 4) is 0 Å². The third-order valence-corrected chi connectivity index (χ3v) is 2.59. The van der Waals surface area contributed by atoms with E-state index in [1.807, 2.05) is 25.1 Å². The second-order valence-electron chi connectivity index (χ2n) is 3.90. The Bertz CT molecular complexity index is 645. The summed E-state index contributed by atoms with van der Waals surface area (Å²) in [6.45, 7) is 2.65. The van der Waals surface area contributed by atoms with Crippen LogP contribution in [0, 0.1) is 6.92 Å². The average molecular weight is 244 g/mol. The summed E-state index contributed by atoms with van der Waals surface area (Å²) >= 11 is 0. The molecule has 0 saturated carbocycles. The molecular weight excluding hydrogens is 232 g/mol. The molecule has 3 aromatic heterocycles. The SMILES string of the molecule is Cc1cccc2nc(NCCc3ncon3)nn12. The van der Waals surface area contributed by atoms with Crippen LogP contribution < -0.4 is 5.32 Å². The third kappa shape index (κ3) is 2.02. The van der Waals surface area contributed by atoms with E-state index in [0.29, 0.717) is 24.7 Å². The van der Waals surface area contributed by atoms with Gasteiger partial charge in [0.25, 0.3) is 0 Å². The summed E-state index contributed by atoms with van der Waals surface area (Å²) in [5, 5.41) is 11.2. The Balaban J connectivity index is 1.69. The summed E-state index contributed by atoms with van der Waals surface area (Å²) < 4.78 is 6.46. The second-order valence-corrected chi connectivity index (χ2v) is 3.90. The fraction of sp³-hybridized carbons (Fsp3) is 0.273. The minimum absolute atomic E-state index is 0.604. The Labute approximate surface area is 103 Å². The van der Waals surface area contributed by atoms with E-state index in [9.17, 15) is 0 Å². The van der Waals surface area contributed by atoms with Crippen LogP contribution in [0.4, 0.5) is 5.95 Å². The van der Waals surface area contributed by atoms with Crippen LogP contribution in [-0.2, 0) is 6.42 Å². The summed E-state index contributed by atoms with van der Waals surface area (Å²) in [6, 6.07) is 5.87. The molecule has 0 unspecified atom stereocenters. The first-order valence-corrected chi connectivity index (χ1v) is 5.64. The van der Waals surface area contributed by atoms with Crippen LogP contribution in [0.5, 0.6) is 0 Å². The quantitative estimate of drug-likeness (QED) is 0.739. The topological polar surface area (TPSA) is 81.1 Å². The van der Waals surface area contributed by atoms with Gasteiger partial charge in [0.15, 0.2) is 11.5 Å². The third-order valence-electron chi connectivity index (χ3n) is 2.59. The summed E-state index contributed by atoms with van der Waals surface area (Å²) in [5.74, 6) is 1.27. The van der Waals surface area contributed by atoms with Crippen molar-refractivity contribution < 1.29 is 4.52 Å². The van der Waals surface area contributed by atoms with Crippen LogP contribution in [0.2, 0.25) is 0 Å². The number of aromatic nitrogens is 5. The van der Waals surface area contributed by atoms with Gasteiger partial charge in [-0.15, -0.1) is 5.10 Å². The number of nitrogens with zero attached hydrogens (tertiary/aromatic N) is 5. The van der Waals surface area contributed by atoms with E-state index < -0.39 is 0 Å². The summed E-state index contributed by atoms with van der Waals surface area (Å²) in [4.78, 5) is 8.31. The molecule has 3 aromatic rings. The molecule has 7 heteroatoms. The van der Waals surface area contributed by atoms with Gasteiger partial charge in [0, 0.05) is 18.7 Å². The van der Waals surface area contributed by atoms with E-state index in [-0.39, 0.29) is 0 Å². The molecule has 0 atom stereocenters. The smallest absolute Gasteiger partial charge is 0.243 e. The number of hydrogen-bond acceptors (Lipinski definition) is 6. The molecule has 1 N–H and O–H groups in total. The summed E-state index contributed by atoms with van der Waals surface area (Å²) in [5.41, 5.74) is 1.88. The predicted octanol–water partition coefficient (Wildman–Crippen LogP) is 1.08. The van der Waals surface area contributed by atoms with Crippen molar-refractivity contribution in [2.24, 2.45) is 0 Å². The maximum Gasteiger partial charge on any atom is 0.243 e. The molecule has 0 aliphatic heterocycles. The van der Waals surface area contributed by atoms with Gasteiger partial charge in [-0.1, -0.05) is 11.2 Å². The molecule has 0 saturated heterocycles. The highest BCUT2D eigenvalue weighted by Crippen LogP contribution is 2.07. The fourth-order valence-corrected chi connectivity index (χ4v) is 1.70. The molecule has 3 rings (SSSR count). The van der Waals surface area contributed by atoms with Gasteiger partial charge in [-0.3, -0.25) is 0 Å². The molecule has 0 fully saturated rings. The maximum absolute atomic E-state index is 4.66. The molecule has 0 radical (unpaired) electrons. The average Bonchev–Trinajstić information content (AvgIpc) is 2.98. The van der Waals surface area contributed by atoms with Crippen LogP contribution in [0.3, 0.4) is 0 Å². The van der Waals surface area contributed by atoms with Crippen LogP contribution in [0.1, 0.15) is 11.5 Å². The van der Waals surface area contributed by atoms with Crippen molar-refractivity contribution >= 4 is 11.6 Å². The van der Waals surface area contributed by atoms with Gasteiger partial charge in [-0.05, 0) is 19.1 Å². The molecular formula is C11H12N6O. The Morgan fingerprint density at radius 3 is 3.11 bits per heavy atom. The lowest BCUT2D eigenvalue weighted by atomic mass is 10.4. The van der Waals surface area contributed by atoms with Crippen LogP contribution in [0.15, 0.2) is 29.1 Å². The van der Waals surface area contributed by atoms with E-state index in [2.05, 4.69) is 30.1 Å². The first kappa shape index (κ1) is 10.7. The van der Waals surface area contributed by atoms with Gasteiger partial charge in [0.1, 0.15) is 0 Å². The highest BCUT2D eigenvalue weighted by Gasteiger charge is 2.04. The first-order chi connectivity index (χ1) is 8.83. The zero-order valence-corrected chi connectivity index (χ0v) is 9.87. The largest absolute Gasteiger partial charge is 0.352 e. The lowest BCUT2D eigenvalue weighted by Crippen LogP contribution is -2.07. The molecule has 0 aliphatic carbocycles. The molecule has 92 valence electrons. The predicted molar refractivity (Wildman–Crippen MR) is 64.2 cm³/mol. The minimum Gasteiger partial charge on any atom is -0.352 e. The molecule has 0 spiro atoms. The van der Waals surface area contributed by atoms with Gasteiger partial charge >= 0.3 is 0 Å². The van der Waals surface area contributed by atoms with E-state index in [0.717, 1.165) is 11.3 Å². The minimum atomic E-state index is 0.604. The molecule has 0 aromatic carbocycles. The summed E-state index contributed by atoms with van der Waals surface area (Å²) in [6.07, 6.45) is 1.99. The number of nitrogens with one attached hydrogen (secondary N) is 1. The zero-order valence-electron chi connectivity index (χ0n) is 9.87. The molecule has 3 heterocycles. The van der Waals surface area contributed by atoms with E-state index in [4.69, 9.17) is 0 Å². The lowest BCUT2D eigenvalue weighted by Gasteiger charge is -1.97. The first-order valence-electron chi connectivity index (χ1n) is 5.64. The molecule has 18 heavy (non-hydrogen) atoms. The van der Waals surface area contributed by atoms with Crippen molar-refractivity contribution in [2.75, 3.05) is 11.9 Å².